The van der Waals surface area contributed by atoms with Crippen LogP contribution in [0.25, 0.3) is 6.08 Å². The van der Waals surface area contributed by atoms with E-state index in [-0.39, 0.29) is 0 Å². The molecule has 0 saturated carbocycles. The van der Waals surface area contributed by atoms with E-state index in [4.69, 9.17) is 5.73 Å². The molecule has 2 N–H and O–H groups in total. The van der Waals surface area contributed by atoms with E-state index in [0.29, 0.717) is 0 Å². The number of hydrogen-bond donors (Lipinski definition) is 1. The standard InChI is InChI=1S/C13H17BrN2O/c1-3-16(4-2)12-7-5-10(9-11(12)14)6-8-13(15)17/h5-9H,3-4H2,1-2H3,(H2,15,17)/b8-6+. The molecular weight excluding hydrogens is 280 g/mol. The summed E-state index contributed by atoms with van der Waals surface area (Å²) >= 11 is 3.54. The first-order valence-electron chi connectivity index (χ1n) is 5.60. The van der Waals surface area contributed by atoms with E-state index in [0.717, 1.165) is 28.8 Å². The van der Waals surface area contributed by atoms with Crippen molar-refractivity contribution in [2.24, 2.45) is 5.73 Å². The molecule has 1 amide bonds. The molecule has 0 heterocycles. The van der Waals surface area contributed by atoms with Gasteiger partial charge in [-0.15, -0.1) is 0 Å². The number of halogens is 1. The zero-order chi connectivity index (χ0) is 12.8. The molecule has 92 valence electrons. The van der Waals surface area contributed by atoms with Crippen molar-refractivity contribution in [3.63, 3.8) is 0 Å². The molecule has 0 atom stereocenters. The van der Waals surface area contributed by atoms with Gasteiger partial charge < -0.3 is 10.6 Å². The zero-order valence-electron chi connectivity index (χ0n) is 10.1. The van der Waals surface area contributed by atoms with Gasteiger partial charge in [-0.1, -0.05) is 6.07 Å². The van der Waals surface area contributed by atoms with Crippen LogP contribution in [-0.4, -0.2) is 19.0 Å². The second kappa shape index (κ2) is 6.45. The molecule has 0 aliphatic rings. The number of carbonyl (C=O) groups is 1. The first-order valence-corrected chi connectivity index (χ1v) is 6.39. The smallest absolute Gasteiger partial charge is 0.241 e. The highest BCUT2D eigenvalue weighted by Crippen LogP contribution is 2.27. The Morgan fingerprint density at radius 2 is 2.06 bits per heavy atom. The number of amides is 1. The van der Waals surface area contributed by atoms with Crippen molar-refractivity contribution < 1.29 is 4.79 Å². The summed E-state index contributed by atoms with van der Waals surface area (Å²) in [5.74, 6) is -0.436. The predicted octanol–water partition coefficient (Wildman–Crippen LogP) is 2.79. The molecule has 0 unspecified atom stereocenters. The van der Waals surface area contributed by atoms with Gasteiger partial charge in [-0.05, 0) is 53.5 Å². The summed E-state index contributed by atoms with van der Waals surface area (Å²) in [4.78, 5) is 12.9. The van der Waals surface area contributed by atoms with E-state index in [1.54, 1.807) is 6.08 Å². The number of hydrogen-bond acceptors (Lipinski definition) is 2. The van der Waals surface area contributed by atoms with Gasteiger partial charge in [0.1, 0.15) is 0 Å². The van der Waals surface area contributed by atoms with Gasteiger partial charge in [-0.25, -0.2) is 0 Å². The lowest BCUT2D eigenvalue weighted by atomic mass is 10.2. The summed E-state index contributed by atoms with van der Waals surface area (Å²) in [7, 11) is 0. The highest BCUT2D eigenvalue weighted by molar-refractivity contribution is 9.10. The number of primary amides is 1. The molecule has 0 saturated heterocycles. The quantitative estimate of drug-likeness (QED) is 0.849. The van der Waals surface area contributed by atoms with Crippen LogP contribution in [-0.2, 0) is 4.79 Å². The minimum atomic E-state index is -0.436. The van der Waals surface area contributed by atoms with Crippen molar-refractivity contribution in [1.82, 2.24) is 0 Å². The highest BCUT2D eigenvalue weighted by Gasteiger charge is 2.06. The Morgan fingerprint density at radius 3 is 2.53 bits per heavy atom. The van der Waals surface area contributed by atoms with E-state index in [1.165, 1.54) is 6.08 Å². The molecule has 0 aliphatic heterocycles. The first-order chi connectivity index (χ1) is 8.08. The van der Waals surface area contributed by atoms with Gasteiger partial charge in [0.05, 0.1) is 5.69 Å². The minimum absolute atomic E-state index is 0.436. The van der Waals surface area contributed by atoms with Crippen molar-refractivity contribution >= 4 is 33.6 Å². The Kier molecular flexibility index (Phi) is 5.22. The topological polar surface area (TPSA) is 46.3 Å². The van der Waals surface area contributed by atoms with E-state index in [1.807, 2.05) is 18.2 Å². The van der Waals surface area contributed by atoms with E-state index in [2.05, 4.69) is 34.7 Å². The van der Waals surface area contributed by atoms with Crippen LogP contribution in [0, 0.1) is 0 Å². The molecule has 0 radical (unpaired) electrons. The molecule has 1 aromatic carbocycles. The Morgan fingerprint density at radius 1 is 1.41 bits per heavy atom. The van der Waals surface area contributed by atoms with Crippen LogP contribution in [0.5, 0.6) is 0 Å². The summed E-state index contributed by atoms with van der Waals surface area (Å²) in [5, 5.41) is 0. The summed E-state index contributed by atoms with van der Waals surface area (Å²) in [6.07, 6.45) is 3.07. The third-order valence-electron chi connectivity index (χ3n) is 2.52. The largest absolute Gasteiger partial charge is 0.371 e. The van der Waals surface area contributed by atoms with Crippen LogP contribution in [0.15, 0.2) is 28.7 Å². The van der Waals surface area contributed by atoms with Crippen LogP contribution in [0.2, 0.25) is 0 Å². The molecule has 0 bridgehead atoms. The van der Waals surface area contributed by atoms with Crippen LogP contribution in [0.4, 0.5) is 5.69 Å². The molecule has 4 heteroatoms. The van der Waals surface area contributed by atoms with Gasteiger partial charge in [0.25, 0.3) is 0 Å². The Balaban J connectivity index is 2.97. The summed E-state index contributed by atoms with van der Waals surface area (Å²) < 4.78 is 1.02. The second-order valence-electron chi connectivity index (χ2n) is 3.62. The normalized spacial score (nSPS) is 10.8. The maximum atomic E-state index is 10.6. The monoisotopic (exact) mass is 296 g/mol. The van der Waals surface area contributed by atoms with Crippen molar-refractivity contribution in [2.45, 2.75) is 13.8 Å². The van der Waals surface area contributed by atoms with Crippen LogP contribution < -0.4 is 10.6 Å². The van der Waals surface area contributed by atoms with E-state index >= 15 is 0 Å². The fourth-order valence-corrected chi connectivity index (χ4v) is 2.27. The predicted molar refractivity (Wildman–Crippen MR) is 75.9 cm³/mol. The van der Waals surface area contributed by atoms with Gasteiger partial charge in [0.15, 0.2) is 0 Å². The fraction of sp³-hybridized carbons (Fsp3) is 0.308. The summed E-state index contributed by atoms with van der Waals surface area (Å²) in [6, 6.07) is 5.99. The lowest BCUT2D eigenvalue weighted by Gasteiger charge is -2.22. The molecule has 0 aromatic heterocycles. The number of rotatable bonds is 5. The molecule has 17 heavy (non-hydrogen) atoms. The molecule has 1 aromatic rings. The fourth-order valence-electron chi connectivity index (χ4n) is 1.63. The van der Waals surface area contributed by atoms with Crippen molar-refractivity contribution in [3.05, 3.63) is 34.3 Å². The lowest BCUT2D eigenvalue weighted by Crippen LogP contribution is -2.22. The molecule has 0 aliphatic carbocycles. The van der Waals surface area contributed by atoms with E-state index < -0.39 is 5.91 Å². The molecule has 1 rings (SSSR count). The van der Waals surface area contributed by atoms with Gasteiger partial charge >= 0.3 is 0 Å². The number of anilines is 1. The van der Waals surface area contributed by atoms with E-state index in [9.17, 15) is 4.79 Å². The van der Waals surface area contributed by atoms with Crippen LogP contribution >= 0.6 is 15.9 Å². The Hall–Kier alpha value is -1.29. The third-order valence-corrected chi connectivity index (χ3v) is 3.15. The highest BCUT2D eigenvalue weighted by atomic mass is 79.9. The summed E-state index contributed by atoms with van der Waals surface area (Å²) in [5.41, 5.74) is 7.16. The number of nitrogens with two attached hydrogens (primary N) is 1. The number of carbonyl (C=O) groups excluding carboxylic acids is 1. The van der Waals surface area contributed by atoms with Gasteiger partial charge in [-0.2, -0.15) is 0 Å². The minimum Gasteiger partial charge on any atom is -0.371 e. The van der Waals surface area contributed by atoms with Crippen molar-refractivity contribution in [1.29, 1.82) is 0 Å². The summed E-state index contributed by atoms with van der Waals surface area (Å²) in [6.45, 7) is 6.17. The second-order valence-corrected chi connectivity index (χ2v) is 4.47. The molecule has 0 fully saturated rings. The number of benzene rings is 1. The molecule has 0 spiro atoms. The SMILES string of the molecule is CCN(CC)c1ccc(/C=C/C(N)=O)cc1Br. The maximum absolute atomic E-state index is 10.6. The van der Waals surface area contributed by atoms with Gasteiger partial charge in [0.2, 0.25) is 5.91 Å². The van der Waals surface area contributed by atoms with Crippen molar-refractivity contribution in [3.8, 4) is 0 Å². The zero-order valence-corrected chi connectivity index (χ0v) is 11.7. The van der Waals surface area contributed by atoms with Crippen molar-refractivity contribution in [2.75, 3.05) is 18.0 Å². The lowest BCUT2D eigenvalue weighted by molar-refractivity contribution is -0.113. The molecular formula is C13H17BrN2O. The third kappa shape index (κ3) is 3.89. The average molecular weight is 297 g/mol. The maximum Gasteiger partial charge on any atom is 0.241 e. The van der Waals surface area contributed by atoms with Crippen LogP contribution in [0.3, 0.4) is 0 Å². The van der Waals surface area contributed by atoms with Gasteiger partial charge in [-0.3, -0.25) is 4.79 Å². The number of nitrogens with zero attached hydrogens (tertiary/aromatic N) is 1. The Bertz CT molecular complexity index is 425. The average Bonchev–Trinajstić information content (AvgIpc) is 2.30. The first kappa shape index (κ1) is 13.8. The van der Waals surface area contributed by atoms with Gasteiger partial charge in [0, 0.05) is 23.6 Å². The Labute approximate surface area is 110 Å². The molecule has 3 nitrogen and oxygen atoms in total. The van der Waals surface area contributed by atoms with Crippen LogP contribution in [0.1, 0.15) is 19.4 Å².